The Balaban J connectivity index is 0.000000437. The number of hydrogen-bond donors (Lipinski definition) is 0. The summed E-state index contributed by atoms with van der Waals surface area (Å²) in [6.07, 6.45) is 12.9. The smallest absolute Gasteiger partial charge is 0.418 e. The van der Waals surface area contributed by atoms with Crippen molar-refractivity contribution >= 4 is 13.5 Å². The van der Waals surface area contributed by atoms with Crippen molar-refractivity contribution in [3.05, 3.63) is 24.8 Å². The fourth-order valence-corrected chi connectivity index (χ4v) is 1.05. The lowest BCUT2D eigenvalue weighted by atomic mass is 10.3. The summed E-state index contributed by atoms with van der Waals surface area (Å²) in [5.74, 6) is 0. The Morgan fingerprint density at radius 3 is 2.24 bits per heavy atom. The molecule has 0 bridgehead atoms. The molecule has 1 heterocycles. The first-order valence-electron chi connectivity index (χ1n) is 5.47. The van der Waals surface area contributed by atoms with Crippen molar-refractivity contribution in [1.82, 2.24) is 4.57 Å². The molecule has 0 aliphatic rings. The Labute approximate surface area is 98.7 Å². The molecule has 0 N–H and O–H groups in total. The van der Waals surface area contributed by atoms with Gasteiger partial charge in [0, 0.05) is 0 Å². The number of imidazole rings is 1. The van der Waals surface area contributed by atoms with Gasteiger partial charge in [-0.15, -0.1) is 0 Å². The summed E-state index contributed by atoms with van der Waals surface area (Å²) in [6, 6.07) is 0. The van der Waals surface area contributed by atoms with Crippen molar-refractivity contribution in [3.8, 4) is 0 Å². The van der Waals surface area contributed by atoms with Crippen LogP contribution in [0.25, 0.3) is 6.20 Å². The van der Waals surface area contributed by atoms with Gasteiger partial charge < -0.3 is 17.3 Å². The molecule has 2 nitrogen and oxygen atoms in total. The molecule has 0 aliphatic heterocycles. The molecule has 1 rings (SSSR count). The van der Waals surface area contributed by atoms with E-state index >= 15 is 0 Å². The number of unbranched alkanes of at least 4 members (excludes halogenated alkanes) is 1. The van der Waals surface area contributed by atoms with Gasteiger partial charge in [0.05, 0.1) is 12.7 Å². The Bertz CT molecular complexity index is 327. The quantitative estimate of drug-likeness (QED) is 0.441. The molecule has 0 saturated carbocycles. The van der Waals surface area contributed by atoms with E-state index in [9.17, 15) is 17.3 Å². The Hall–Kier alpha value is -1.27. The van der Waals surface area contributed by atoms with Crippen LogP contribution in [-0.2, 0) is 6.54 Å². The highest BCUT2D eigenvalue weighted by atomic mass is 19.5. The van der Waals surface area contributed by atoms with Gasteiger partial charge in [0.1, 0.15) is 12.4 Å². The molecule has 98 valence electrons. The van der Waals surface area contributed by atoms with Crippen molar-refractivity contribution in [2.75, 3.05) is 0 Å². The zero-order chi connectivity index (χ0) is 13.3. The third-order valence-corrected chi connectivity index (χ3v) is 1.81. The van der Waals surface area contributed by atoms with Crippen LogP contribution in [0.1, 0.15) is 26.7 Å². The van der Waals surface area contributed by atoms with Crippen LogP contribution in [0.15, 0.2) is 24.8 Å². The van der Waals surface area contributed by atoms with E-state index in [1.54, 1.807) is 0 Å². The van der Waals surface area contributed by atoms with Crippen molar-refractivity contribution < 1.29 is 21.8 Å². The van der Waals surface area contributed by atoms with E-state index in [2.05, 4.69) is 54.0 Å². The second-order valence-corrected chi connectivity index (χ2v) is 3.36. The monoisotopic (exact) mass is 252 g/mol. The van der Waals surface area contributed by atoms with Crippen molar-refractivity contribution in [3.63, 3.8) is 0 Å². The maximum atomic E-state index is 9.75. The lowest BCUT2D eigenvalue weighted by Gasteiger charge is -1.94. The minimum absolute atomic E-state index is 1.04. The summed E-state index contributed by atoms with van der Waals surface area (Å²) in [5.41, 5.74) is 0. The number of aromatic nitrogens is 2. The predicted molar refractivity (Wildman–Crippen MR) is 60.7 cm³/mol. The van der Waals surface area contributed by atoms with Crippen molar-refractivity contribution in [2.24, 2.45) is 0 Å². The van der Waals surface area contributed by atoms with E-state index in [0.29, 0.717) is 0 Å². The first-order chi connectivity index (χ1) is 7.86. The van der Waals surface area contributed by atoms with Gasteiger partial charge in [0.15, 0.2) is 0 Å². The summed E-state index contributed by atoms with van der Waals surface area (Å²) in [5, 5.41) is 0. The van der Waals surface area contributed by atoms with Gasteiger partial charge in [0.25, 0.3) is 0 Å². The molecule has 0 saturated heterocycles. The topological polar surface area (TPSA) is 8.81 Å². The minimum atomic E-state index is -6.00. The van der Waals surface area contributed by atoms with E-state index in [1.807, 2.05) is 0 Å². The molecular formula is C10H17BF4N2. The summed E-state index contributed by atoms with van der Waals surface area (Å²) >= 11 is 0. The van der Waals surface area contributed by atoms with Crippen LogP contribution < -0.4 is 4.57 Å². The van der Waals surface area contributed by atoms with Gasteiger partial charge in [0.2, 0.25) is 6.33 Å². The largest absolute Gasteiger partial charge is 0.673 e. The summed E-state index contributed by atoms with van der Waals surface area (Å²) in [6.45, 7) is 5.36. The van der Waals surface area contributed by atoms with Gasteiger partial charge in [-0.3, -0.25) is 0 Å². The van der Waals surface area contributed by atoms with Crippen LogP contribution in [0.4, 0.5) is 17.3 Å². The number of rotatable bonds is 4. The minimum Gasteiger partial charge on any atom is -0.418 e. The highest BCUT2D eigenvalue weighted by Crippen LogP contribution is 2.06. The van der Waals surface area contributed by atoms with Gasteiger partial charge in [-0.1, -0.05) is 13.3 Å². The van der Waals surface area contributed by atoms with E-state index < -0.39 is 7.25 Å². The average Bonchev–Trinajstić information content (AvgIpc) is 2.64. The molecule has 17 heavy (non-hydrogen) atoms. The van der Waals surface area contributed by atoms with E-state index in [4.69, 9.17) is 0 Å². The molecule has 0 spiro atoms. The van der Waals surface area contributed by atoms with Crippen LogP contribution in [-0.4, -0.2) is 11.8 Å². The van der Waals surface area contributed by atoms with Crippen molar-refractivity contribution in [1.29, 1.82) is 0 Å². The Morgan fingerprint density at radius 2 is 1.82 bits per heavy atom. The molecular weight excluding hydrogens is 235 g/mol. The van der Waals surface area contributed by atoms with Gasteiger partial charge in [-0.25, -0.2) is 9.13 Å². The van der Waals surface area contributed by atoms with Crippen LogP contribution >= 0.6 is 0 Å². The summed E-state index contributed by atoms with van der Waals surface area (Å²) < 4.78 is 43.2. The lowest BCUT2D eigenvalue weighted by molar-refractivity contribution is -0.692. The maximum absolute atomic E-state index is 9.75. The molecule has 0 radical (unpaired) electrons. The van der Waals surface area contributed by atoms with Crippen molar-refractivity contribution in [2.45, 2.75) is 33.2 Å². The molecule has 1 aromatic heterocycles. The highest BCUT2D eigenvalue weighted by Gasteiger charge is 2.20. The zero-order valence-electron chi connectivity index (χ0n) is 9.99. The standard InChI is InChI=1S/C10H17N2.BF4/c1-3-5-6-7-12-9-8-11(4-2)10-12;2-1(3,4)5/h6-10H,3-5H2,1-2H3;/q+1;-1. The first kappa shape index (κ1) is 15.7. The van der Waals surface area contributed by atoms with Gasteiger partial charge in [-0.2, -0.15) is 0 Å². The third kappa shape index (κ3) is 11.0. The van der Waals surface area contributed by atoms with Gasteiger partial charge in [-0.05, 0) is 19.4 Å². The second kappa shape index (κ2) is 7.92. The fraction of sp³-hybridized carbons (Fsp3) is 0.500. The normalized spacial score (nSPS) is 11.4. The molecule has 1 aromatic rings. The van der Waals surface area contributed by atoms with E-state index in [0.717, 1.165) is 13.0 Å². The zero-order valence-corrected chi connectivity index (χ0v) is 9.99. The predicted octanol–water partition coefficient (Wildman–Crippen LogP) is 3.37. The molecule has 0 aliphatic carbocycles. The number of hydrogen-bond acceptors (Lipinski definition) is 0. The second-order valence-electron chi connectivity index (χ2n) is 3.36. The number of nitrogens with zero attached hydrogens (tertiary/aromatic N) is 2. The van der Waals surface area contributed by atoms with Gasteiger partial charge >= 0.3 is 7.25 Å². The number of halogens is 4. The SMILES string of the molecule is CCCC=Cn1cc[n+](CC)c1.F[B-](F)(F)F. The van der Waals surface area contributed by atoms with E-state index in [-0.39, 0.29) is 0 Å². The molecule has 0 fully saturated rings. The van der Waals surface area contributed by atoms with Crippen LogP contribution in [0.3, 0.4) is 0 Å². The van der Waals surface area contributed by atoms with Crippen LogP contribution in [0, 0.1) is 0 Å². The van der Waals surface area contributed by atoms with Crippen LogP contribution in [0.2, 0.25) is 0 Å². The molecule has 0 aromatic carbocycles. The highest BCUT2D eigenvalue weighted by molar-refractivity contribution is 6.50. The number of allylic oxidation sites excluding steroid dienone is 1. The summed E-state index contributed by atoms with van der Waals surface area (Å²) in [4.78, 5) is 0. The van der Waals surface area contributed by atoms with E-state index in [1.165, 1.54) is 6.42 Å². The molecule has 0 unspecified atom stereocenters. The molecule has 0 amide bonds. The number of aryl methyl sites for hydroxylation is 1. The Morgan fingerprint density at radius 1 is 1.24 bits per heavy atom. The maximum Gasteiger partial charge on any atom is 0.673 e. The molecule has 0 atom stereocenters. The lowest BCUT2D eigenvalue weighted by Crippen LogP contribution is -2.28. The first-order valence-corrected chi connectivity index (χ1v) is 5.47. The third-order valence-electron chi connectivity index (χ3n) is 1.81. The average molecular weight is 252 g/mol. The Kier molecular flexibility index (Phi) is 7.33. The molecule has 7 heteroatoms. The fourth-order valence-electron chi connectivity index (χ4n) is 1.05. The summed E-state index contributed by atoms with van der Waals surface area (Å²) in [7, 11) is -6.00. The van der Waals surface area contributed by atoms with Crippen LogP contribution in [0.5, 0.6) is 0 Å².